The normalized spacial score (nSPS) is 10.7. The van der Waals surface area contributed by atoms with Crippen LogP contribution in [0.25, 0.3) is 0 Å². The second-order valence-electron chi connectivity index (χ2n) is 4.35. The van der Waals surface area contributed by atoms with Crippen molar-refractivity contribution in [3.8, 4) is 0 Å². The van der Waals surface area contributed by atoms with Crippen molar-refractivity contribution in [3.05, 3.63) is 44.4 Å². The monoisotopic (exact) mass is 433 g/mol. The largest absolute Gasteiger partial charge is 0.369 e. The van der Waals surface area contributed by atoms with Crippen LogP contribution in [-0.4, -0.2) is 16.5 Å². The Bertz CT molecular complexity index is 622. The van der Waals surface area contributed by atoms with Crippen LogP contribution in [-0.2, 0) is 12.2 Å². The Balaban J connectivity index is 2.20. The predicted octanol–water partition coefficient (Wildman–Crippen LogP) is 5.02. The smallest absolute Gasteiger partial charge is 0.143 e. The van der Waals surface area contributed by atoms with E-state index in [1.54, 1.807) is 11.8 Å². The molecule has 0 saturated carbocycles. The van der Waals surface area contributed by atoms with Gasteiger partial charge in [-0.2, -0.15) is 0 Å². The highest BCUT2D eigenvalue weighted by Gasteiger charge is 2.11. The summed E-state index contributed by atoms with van der Waals surface area (Å²) in [5.74, 6) is 2.49. The Morgan fingerprint density at radius 3 is 2.67 bits per heavy atom. The van der Waals surface area contributed by atoms with Crippen LogP contribution >= 0.6 is 46.0 Å². The van der Waals surface area contributed by atoms with Crippen LogP contribution in [0, 0.1) is 3.57 Å². The number of nitrogens with one attached hydrogen (secondary N) is 1. The van der Waals surface area contributed by atoms with E-state index in [1.807, 2.05) is 24.3 Å². The number of rotatable bonds is 6. The summed E-state index contributed by atoms with van der Waals surface area (Å²) >= 11 is 10.2. The molecule has 0 aliphatic heterocycles. The van der Waals surface area contributed by atoms with Crippen molar-refractivity contribution < 1.29 is 0 Å². The van der Waals surface area contributed by atoms with Gasteiger partial charge < -0.3 is 5.32 Å². The summed E-state index contributed by atoms with van der Waals surface area (Å²) < 4.78 is 1.11. The minimum absolute atomic E-state index is 0.714. The van der Waals surface area contributed by atoms with E-state index in [4.69, 9.17) is 11.6 Å². The lowest BCUT2D eigenvalue weighted by atomic mass is 10.3. The number of anilines is 1. The summed E-state index contributed by atoms with van der Waals surface area (Å²) in [4.78, 5) is 10.3. The lowest BCUT2D eigenvalue weighted by Crippen LogP contribution is -2.09. The van der Waals surface area contributed by atoms with Gasteiger partial charge >= 0.3 is 0 Å². The van der Waals surface area contributed by atoms with Gasteiger partial charge in [0.05, 0.1) is 20.0 Å². The molecule has 0 fully saturated rings. The molecule has 0 aliphatic carbocycles. The summed E-state index contributed by atoms with van der Waals surface area (Å²) in [6, 6.07) is 7.85. The van der Waals surface area contributed by atoms with Crippen molar-refractivity contribution >= 4 is 51.8 Å². The fourth-order valence-corrected chi connectivity index (χ4v) is 3.74. The van der Waals surface area contributed by atoms with Gasteiger partial charge in [-0.25, -0.2) is 9.97 Å². The van der Waals surface area contributed by atoms with Gasteiger partial charge in [-0.3, -0.25) is 0 Å². The van der Waals surface area contributed by atoms with Crippen molar-refractivity contribution in [2.24, 2.45) is 0 Å². The third kappa shape index (κ3) is 4.47. The van der Waals surface area contributed by atoms with Crippen molar-refractivity contribution in [1.29, 1.82) is 0 Å². The molecule has 2 aromatic rings. The Kier molecular flexibility index (Phi) is 6.57. The molecule has 3 nitrogen and oxygen atoms in total. The van der Waals surface area contributed by atoms with Crippen molar-refractivity contribution in [3.63, 3.8) is 0 Å². The highest BCUT2D eigenvalue weighted by molar-refractivity contribution is 14.1. The zero-order valence-electron chi connectivity index (χ0n) is 12.0. The number of nitrogens with zero attached hydrogens (tertiary/aromatic N) is 2. The molecule has 2 rings (SSSR count). The van der Waals surface area contributed by atoms with Gasteiger partial charge in [0.25, 0.3) is 0 Å². The molecule has 0 saturated heterocycles. The summed E-state index contributed by atoms with van der Waals surface area (Å²) in [5, 5.41) is 4.08. The second-order valence-corrected chi connectivity index (χ2v) is 6.86. The molecule has 0 spiro atoms. The van der Waals surface area contributed by atoms with E-state index < -0.39 is 0 Å². The highest BCUT2D eigenvalue weighted by Crippen LogP contribution is 2.29. The lowest BCUT2D eigenvalue weighted by molar-refractivity contribution is 0.923. The van der Waals surface area contributed by atoms with Crippen molar-refractivity contribution in [1.82, 2.24) is 9.97 Å². The molecule has 0 aliphatic rings. The maximum absolute atomic E-state index is 6.18. The Hall–Kier alpha value is -0.530. The van der Waals surface area contributed by atoms with Gasteiger partial charge in [-0.1, -0.05) is 30.7 Å². The molecular formula is C15H17ClIN3S. The van der Waals surface area contributed by atoms with Crippen LogP contribution in [0.1, 0.15) is 25.4 Å². The minimum atomic E-state index is 0.714. The third-order valence-electron chi connectivity index (χ3n) is 2.84. The Morgan fingerprint density at radius 1 is 1.24 bits per heavy atom. The van der Waals surface area contributed by atoms with E-state index in [0.29, 0.717) is 5.75 Å². The first-order valence-electron chi connectivity index (χ1n) is 6.82. The molecule has 0 atom stereocenters. The molecule has 0 amide bonds. The number of aryl methyl sites for hydroxylation is 1. The first kappa shape index (κ1) is 16.8. The molecule has 0 unspecified atom stereocenters. The average Bonchev–Trinajstić information content (AvgIpc) is 2.49. The van der Waals surface area contributed by atoms with Crippen molar-refractivity contribution in [2.45, 2.75) is 30.9 Å². The maximum Gasteiger partial charge on any atom is 0.143 e. The van der Waals surface area contributed by atoms with Crippen LogP contribution in [0.15, 0.2) is 29.2 Å². The van der Waals surface area contributed by atoms with Crippen LogP contribution in [0.3, 0.4) is 0 Å². The average molecular weight is 434 g/mol. The quantitative estimate of drug-likeness (QED) is 0.513. The zero-order valence-corrected chi connectivity index (χ0v) is 15.7. The van der Waals surface area contributed by atoms with Gasteiger partial charge in [0.2, 0.25) is 0 Å². The number of aromatic nitrogens is 2. The van der Waals surface area contributed by atoms with E-state index in [-0.39, 0.29) is 0 Å². The number of hydrogen-bond donors (Lipinski definition) is 1. The van der Waals surface area contributed by atoms with Crippen LogP contribution in [0.4, 0.5) is 5.82 Å². The molecule has 6 heteroatoms. The minimum Gasteiger partial charge on any atom is -0.369 e. The van der Waals surface area contributed by atoms with Gasteiger partial charge in [-0.05, 0) is 48.1 Å². The third-order valence-corrected chi connectivity index (χ3v) is 5.48. The fraction of sp³-hybridized carbons (Fsp3) is 0.333. The van der Waals surface area contributed by atoms with E-state index in [1.165, 1.54) is 0 Å². The van der Waals surface area contributed by atoms with E-state index in [2.05, 4.69) is 51.7 Å². The molecule has 112 valence electrons. The molecule has 1 aromatic carbocycles. The number of benzene rings is 1. The number of hydrogen-bond acceptors (Lipinski definition) is 4. The highest BCUT2D eigenvalue weighted by atomic mass is 127. The summed E-state index contributed by atoms with van der Waals surface area (Å²) in [7, 11) is 0. The maximum atomic E-state index is 6.18. The molecular weight excluding hydrogens is 417 g/mol. The summed E-state index contributed by atoms with van der Waals surface area (Å²) in [6.07, 6.45) is 0.906. The lowest BCUT2D eigenvalue weighted by Gasteiger charge is -2.11. The Morgan fingerprint density at radius 2 is 2.00 bits per heavy atom. The first-order chi connectivity index (χ1) is 10.2. The van der Waals surface area contributed by atoms with Gasteiger partial charge in [-0.15, -0.1) is 11.8 Å². The topological polar surface area (TPSA) is 37.8 Å². The molecule has 0 radical (unpaired) electrons. The summed E-state index contributed by atoms with van der Waals surface area (Å²) in [6.45, 7) is 5.04. The van der Waals surface area contributed by atoms with Crippen LogP contribution < -0.4 is 5.32 Å². The fourth-order valence-electron chi connectivity index (χ4n) is 1.83. The summed E-state index contributed by atoms with van der Waals surface area (Å²) in [5.41, 5.74) is 1.09. The van der Waals surface area contributed by atoms with Crippen LogP contribution in [0.5, 0.6) is 0 Å². The second kappa shape index (κ2) is 8.19. The van der Waals surface area contributed by atoms with E-state index in [9.17, 15) is 0 Å². The molecule has 21 heavy (non-hydrogen) atoms. The van der Waals surface area contributed by atoms with Gasteiger partial charge in [0, 0.05) is 11.4 Å². The predicted molar refractivity (Wildman–Crippen MR) is 99.3 cm³/mol. The number of halogens is 2. The number of thioether (sulfide) groups is 1. The molecule has 1 aromatic heterocycles. The van der Waals surface area contributed by atoms with E-state index >= 15 is 0 Å². The standard InChI is InChI=1S/C15H17ClIN3S/c1-3-11-14(17)15(18-4-2)20-13(19-11)9-21-12-8-6-5-7-10(12)16/h5-8H,3-4,9H2,1-2H3,(H,18,19,20). The Labute approximate surface area is 148 Å². The zero-order chi connectivity index (χ0) is 15.2. The van der Waals surface area contributed by atoms with E-state index in [0.717, 1.165) is 43.8 Å². The SMILES string of the molecule is CCNc1nc(CSc2ccccc2Cl)nc(CC)c1I. The first-order valence-corrected chi connectivity index (χ1v) is 9.26. The van der Waals surface area contributed by atoms with Gasteiger partial charge in [0.15, 0.2) is 0 Å². The van der Waals surface area contributed by atoms with Crippen LogP contribution in [0.2, 0.25) is 5.02 Å². The van der Waals surface area contributed by atoms with Crippen molar-refractivity contribution in [2.75, 3.05) is 11.9 Å². The molecule has 0 bridgehead atoms. The van der Waals surface area contributed by atoms with Gasteiger partial charge in [0.1, 0.15) is 11.6 Å². The molecule has 1 N–H and O–H groups in total. The molecule has 1 heterocycles.